The molecule has 7 nitrogen and oxygen atoms in total. The molecular weight excluding hydrogens is 400 g/mol. The SMILES string of the molecule is O=C(Cc1ccc(S(=O)(=O)N2CCCCC2)s1)Nc1cc(CO)cc(CO)c1. The van der Waals surface area contributed by atoms with Crippen molar-refractivity contribution in [2.45, 2.75) is 43.1 Å². The summed E-state index contributed by atoms with van der Waals surface area (Å²) in [6, 6.07) is 8.17. The molecule has 0 radical (unpaired) electrons. The zero-order valence-corrected chi connectivity index (χ0v) is 17.1. The van der Waals surface area contributed by atoms with Crippen LogP contribution in [-0.4, -0.2) is 41.9 Å². The van der Waals surface area contributed by atoms with Crippen molar-refractivity contribution in [1.29, 1.82) is 0 Å². The monoisotopic (exact) mass is 424 g/mol. The third-order valence-corrected chi connectivity index (χ3v) is 8.03. The van der Waals surface area contributed by atoms with Crippen LogP contribution in [-0.2, 0) is 34.5 Å². The summed E-state index contributed by atoms with van der Waals surface area (Å²) >= 11 is 1.12. The van der Waals surface area contributed by atoms with Crippen LogP contribution in [0, 0.1) is 0 Å². The Morgan fingerprint density at radius 2 is 1.68 bits per heavy atom. The number of aliphatic hydroxyl groups excluding tert-OH is 2. The number of sulfonamides is 1. The molecule has 1 aromatic heterocycles. The molecule has 1 aliphatic rings. The van der Waals surface area contributed by atoms with Crippen molar-refractivity contribution in [3.8, 4) is 0 Å². The minimum atomic E-state index is -3.49. The summed E-state index contributed by atoms with van der Waals surface area (Å²) in [6.45, 7) is 0.702. The van der Waals surface area contributed by atoms with Crippen molar-refractivity contribution in [3.63, 3.8) is 0 Å². The highest BCUT2D eigenvalue weighted by Crippen LogP contribution is 2.27. The van der Waals surface area contributed by atoms with Crippen LogP contribution in [0.3, 0.4) is 0 Å². The molecule has 0 unspecified atom stereocenters. The van der Waals surface area contributed by atoms with Crippen LogP contribution < -0.4 is 5.32 Å². The molecule has 3 N–H and O–H groups in total. The molecule has 1 aromatic carbocycles. The number of nitrogens with one attached hydrogen (secondary N) is 1. The predicted molar refractivity (Wildman–Crippen MR) is 108 cm³/mol. The van der Waals surface area contributed by atoms with Gasteiger partial charge in [-0.2, -0.15) is 4.31 Å². The Kier molecular flexibility index (Phi) is 6.84. The van der Waals surface area contributed by atoms with Crippen molar-refractivity contribution < 1.29 is 23.4 Å². The molecule has 2 aromatic rings. The third kappa shape index (κ3) is 4.98. The van der Waals surface area contributed by atoms with Crippen LogP contribution in [0.25, 0.3) is 0 Å². The Hall–Kier alpha value is -1.78. The van der Waals surface area contributed by atoms with Crippen LogP contribution in [0.4, 0.5) is 5.69 Å². The smallest absolute Gasteiger partial charge is 0.252 e. The Morgan fingerprint density at radius 1 is 1.04 bits per heavy atom. The normalized spacial score (nSPS) is 15.5. The molecule has 1 amide bonds. The molecule has 0 bridgehead atoms. The van der Waals surface area contributed by atoms with Crippen LogP contribution in [0.15, 0.2) is 34.5 Å². The van der Waals surface area contributed by atoms with E-state index in [-0.39, 0.29) is 29.8 Å². The van der Waals surface area contributed by atoms with Gasteiger partial charge in [-0.25, -0.2) is 8.42 Å². The maximum atomic E-state index is 12.7. The fourth-order valence-corrected chi connectivity index (χ4v) is 6.23. The fourth-order valence-electron chi connectivity index (χ4n) is 3.21. The number of amides is 1. The molecule has 0 atom stereocenters. The highest BCUT2D eigenvalue weighted by atomic mass is 32.2. The molecule has 1 fully saturated rings. The predicted octanol–water partition coefficient (Wildman–Crippen LogP) is 2.09. The summed E-state index contributed by atoms with van der Waals surface area (Å²) in [5, 5.41) is 21.3. The van der Waals surface area contributed by atoms with Crippen molar-refractivity contribution in [2.75, 3.05) is 18.4 Å². The number of aliphatic hydroxyl groups is 2. The first-order valence-electron chi connectivity index (χ1n) is 9.15. The van der Waals surface area contributed by atoms with Crippen LogP contribution in [0.1, 0.15) is 35.3 Å². The number of thiophene rings is 1. The van der Waals surface area contributed by atoms with Gasteiger partial charge >= 0.3 is 0 Å². The molecule has 0 saturated carbocycles. The first kappa shape index (κ1) is 20.9. The number of carbonyl (C=O) groups is 1. The number of rotatable bonds is 7. The zero-order valence-electron chi connectivity index (χ0n) is 15.4. The van der Waals surface area contributed by atoms with E-state index in [1.165, 1.54) is 4.31 Å². The lowest BCUT2D eigenvalue weighted by atomic mass is 10.1. The Labute approximate surface area is 168 Å². The Bertz CT molecular complexity index is 911. The summed E-state index contributed by atoms with van der Waals surface area (Å²) in [5.41, 5.74) is 1.67. The summed E-state index contributed by atoms with van der Waals surface area (Å²) in [5.74, 6) is -0.289. The van der Waals surface area contributed by atoms with Gasteiger partial charge in [0.05, 0.1) is 19.6 Å². The number of hydrogen-bond donors (Lipinski definition) is 3. The molecule has 1 aliphatic heterocycles. The number of piperidine rings is 1. The van der Waals surface area contributed by atoms with Gasteiger partial charge in [0.25, 0.3) is 10.0 Å². The Balaban J connectivity index is 1.67. The number of nitrogens with zero attached hydrogens (tertiary/aromatic N) is 1. The molecule has 28 heavy (non-hydrogen) atoms. The first-order valence-corrected chi connectivity index (χ1v) is 11.4. The van der Waals surface area contributed by atoms with E-state index < -0.39 is 10.0 Å². The minimum absolute atomic E-state index is 0.0536. The highest BCUT2D eigenvalue weighted by Gasteiger charge is 2.27. The van der Waals surface area contributed by atoms with Gasteiger partial charge < -0.3 is 15.5 Å². The first-order chi connectivity index (χ1) is 13.4. The lowest BCUT2D eigenvalue weighted by molar-refractivity contribution is -0.115. The lowest BCUT2D eigenvalue weighted by Gasteiger charge is -2.25. The van der Waals surface area contributed by atoms with E-state index in [1.807, 2.05) is 0 Å². The van der Waals surface area contributed by atoms with E-state index in [9.17, 15) is 23.4 Å². The number of benzene rings is 1. The summed E-state index contributed by atoms with van der Waals surface area (Å²) in [4.78, 5) is 13.0. The second-order valence-electron chi connectivity index (χ2n) is 6.76. The second kappa shape index (κ2) is 9.15. The van der Waals surface area contributed by atoms with E-state index >= 15 is 0 Å². The van der Waals surface area contributed by atoms with Crippen LogP contribution in [0.5, 0.6) is 0 Å². The van der Waals surface area contributed by atoms with Gasteiger partial charge in [-0.15, -0.1) is 11.3 Å². The van der Waals surface area contributed by atoms with Crippen LogP contribution in [0.2, 0.25) is 0 Å². The van der Waals surface area contributed by atoms with E-state index in [4.69, 9.17) is 0 Å². The molecule has 152 valence electrons. The maximum absolute atomic E-state index is 12.7. The molecule has 2 heterocycles. The average Bonchev–Trinajstić information content (AvgIpc) is 3.17. The maximum Gasteiger partial charge on any atom is 0.252 e. The van der Waals surface area contributed by atoms with E-state index in [0.29, 0.717) is 34.8 Å². The van der Waals surface area contributed by atoms with Crippen molar-refractivity contribution in [3.05, 3.63) is 46.3 Å². The topological polar surface area (TPSA) is 107 Å². The average molecular weight is 425 g/mol. The van der Waals surface area contributed by atoms with E-state index in [1.54, 1.807) is 30.3 Å². The van der Waals surface area contributed by atoms with Gasteiger partial charge in [-0.1, -0.05) is 12.5 Å². The largest absolute Gasteiger partial charge is 0.392 e. The van der Waals surface area contributed by atoms with Crippen molar-refractivity contribution >= 4 is 33.0 Å². The zero-order chi connectivity index (χ0) is 20.1. The van der Waals surface area contributed by atoms with Gasteiger partial charge in [0, 0.05) is 23.7 Å². The van der Waals surface area contributed by atoms with Gasteiger partial charge in [0.1, 0.15) is 4.21 Å². The molecule has 3 rings (SSSR count). The van der Waals surface area contributed by atoms with Crippen molar-refractivity contribution in [2.24, 2.45) is 0 Å². The number of carbonyl (C=O) groups excluding carboxylic acids is 1. The summed E-state index contributed by atoms with van der Waals surface area (Å²) in [6.07, 6.45) is 2.86. The van der Waals surface area contributed by atoms with E-state index in [0.717, 1.165) is 30.6 Å². The van der Waals surface area contributed by atoms with Crippen LogP contribution >= 0.6 is 11.3 Å². The van der Waals surface area contributed by atoms with Gasteiger partial charge in [-0.05, 0) is 48.2 Å². The second-order valence-corrected chi connectivity index (χ2v) is 10.1. The summed E-state index contributed by atoms with van der Waals surface area (Å²) < 4.78 is 27.2. The quantitative estimate of drug-likeness (QED) is 0.631. The fraction of sp³-hybridized carbons (Fsp3) is 0.421. The van der Waals surface area contributed by atoms with E-state index in [2.05, 4.69) is 5.32 Å². The molecule has 9 heteroatoms. The highest BCUT2D eigenvalue weighted by molar-refractivity contribution is 7.91. The standard InChI is InChI=1S/C19H24N2O5S2/c22-12-14-8-15(13-23)10-16(9-14)20-18(24)11-17-4-5-19(27-17)28(25,26)21-6-2-1-3-7-21/h4-5,8-10,22-23H,1-3,6-7,11-13H2,(H,20,24). The minimum Gasteiger partial charge on any atom is -0.392 e. The van der Waals surface area contributed by atoms with Gasteiger partial charge in [0.2, 0.25) is 5.91 Å². The number of anilines is 1. The molecule has 0 spiro atoms. The summed E-state index contributed by atoms with van der Waals surface area (Å²) in [7, 11) is -3.49. The lowest BCUT2D eigenvalue weighted by Crippen LogP contribution is -2.35. The van der Waals surface area contributed by atoms with Crippen molar-refractivity contribution in [1.82, 2.24) is 4.31 Å². The molecule has 0 aliphatic carbocycles. The van der Waals surface area contributed by atoms with Gasteiger partial charge in [0.15, 0.2) is 0 Å². The number of hydrogen-bond acceptors (Lipinski definition) is 6. The molecule has 1 saturated heterocycles. The van der Waals surface area contributed by atoms with Gasteiger partial charge in [-0.3, -0.25) is 4.79 Å². The third-order valence-electron chi connectivity index (χ3n) is 4.58. The Morgan fingerprint density at radius 3 is 2.29 bits per heavy atom. The molecular formula is C19H24N2O5S2.